The van der Waals surface area contributed by atoms with Crippen molar-refractivity contribution in [2.45, 2.75) is 6.92 Å². The van der Waals surface area contributed by atoms with E-state index in [9.17, 15) is 14.4 Å². The Bertz CT molecular complexity index is 781. The molecule has 1 aliphatic rings. The van der Waals surface area contributed by atoms with Gasteiger partial charge < -0.3 is 4.84 Å². The third-order valence-corrected chi connectivity index (χ3v) is 3.75. The van der Waals surface area contributed by atoms with Gasteiger partial charge in [-0.15, -0.1) is 0 Å². The average Bonchev–Trinajstić information content (AvgIpc) is 2.75. The van der Waals surface area contributed by atoms with Gasteiger partial charge in [0.1, 0.15) is 0 Å². The first kappa shape index (κ1) is 14.3. The van der Waals surface area contributed by atoms with Crippen molar-refractivity contribution in [1.82, 2.24) is 5.06 Å². The fourth-order valence-electron chi connectivity index (χ4n) is 2.11. The molecule has 1 heterocycles. The van der Waals surface area contributed by atoms with Crippen LogP contribution in [-0.2, 0) is 4.84 Å². The molecule has 0 aromatic heterocycles. The fourth-order valence-corrected chi connectivity index (χ4v) is 2.29. The summed E-state index contributed by atoms with van der Waals surface area (Å²) in [6.07, 6.45) is 0. The van der Waals surface area contributed by atoms with Gasteiger partial charge in [-0.05, 0) is 36.8 Å². The van der Waals surface area contributed by atoms with Crippen LogP contribution < -0.4 is 0 Å². The Morgan fingerprint density at radius 2 is 1.64 bits per heavy atom. The highest BCUT2D eigenvalue weighted by molar-refractivity contribution is 6.31. The van der Waals surface area contributed by atoms with Gasteiger partial charge >= 0.3 is 5.97 Å². The van der Waals surface area contributed by atoms with Gasteiger partial charge in [0.2, 0.25) is 0 Å². The van der Waals surface area contributed by atoms with Crippen molar-refractivity contribution in [2.75, 3.05) is 0 Å². The van der Waals surface area contributed by atoms with E-state index in [1.807, 2.05) is 0 Å². The van der Waals surface area contributed by atoms with Gasteiger partial charge in [-0.1, -0.05) is 34.9 Å². The number of rotatable bonds is 2. The first-order valence-corrected chi connectivity index (χ1v) is 6.83. The Kier molecular flexibility index (Phi) is 3.42. The van der Waals surface area contributed by atoms with Gasteiger partial charge in [-0.2, -0.15) is 0 Å². The molecule has 0 saturated heterocycles. The van der Waals surface area contributed by atoms with Crippen molar-refractivity contribution < 1.29 is 19.2 Å². The lowest BCUT2D eigenvalue weighted by molar-refractivity contribution is -0.0584. The Hall–Kier alpha value is -2.66. The van der Waals surface area contributed by atoms with E-state index in [1.165, 1.54) is 24.3 Å². The summed E-state index contributed by atoms with van der Waals surface area (Å²) < 4.78 is 0. The van der Waals surface area contributed by atoms with E-state index in [-0.39, 0.29) is 16.7 Å². The van der Waals surface area contributed by atoms with E-state index in [0.29, 0.717) is 10.1 Å². The zero-order valence-corrected chi connectivity index (χ0v) is 12.3. The second-order valence-corrected chi connectivity index (χ2v) is 5.20. The highest BCUT2D eigenvalue weighted by atomic mass is 35.5. The summed E-state index contributed by atoms with van der Waals surface area (Å²) in [5, 5.41) is 0.873. The summed E-state index contributed by atoms with van der Waals surface area (Å²) in [7, 11) is 0. The molecule has 2 aromatic rings. The third-order valence-electron chi connectivity index (χ3n) is 3.34. The van der Waals surface area contributed by atoms with Gasteiger partial charge in [-0.25, -0.2) is 4.79 Å². The zero-order valence-electron chi connectivity index (χ0n) is 11.5. The van der Waals surface area contributed by atoms with E-state index in [1.54, 1.807) is 25.1 Å². The molecule has 0 spiro atoms. The molecule has 22 heavy (non-hydrogen) atoms. The number of imide groups is 1. The summed E-state index contributed by atoms with van der Waals surface area (Å²) in [5.41, 5.74) is 1.38. The Morgan fingerprint density at radius 1 is 1.05 bits per heavy atom. The molecule has 2 amide bonds. The highest BCUT2D eigenvalue weighted by Gasteiger charge is 2.38. The molecular weight excluding hydrogens is 306 g/mol. The van der Waals surface area contributed by atoms with Crippen LogP contribution in [0.15, 0.2) is 42.5 Å². The molecular formula is C16H10ClNO4. The predicted molar refractivity (Wildman–Crippen MR) is 78.5 cm³/mol. The van der Waals surface area contributed by atoms with E-state index >= 15 is 0 Å². The maximum atomic E-state index is 12.1. The average molecular weight is 316 g/mol. The smallest absolute Gasteiger partial charge is 0.324 e. The summed E-state index contributed by atoms with van der Waals surface area (Å²) in [5.74, 6) is -2.14. The number of carbonyl (C=O) groups excluding carboxylic acids is 3. The molecule has 3 rings (SSSR count). The molecule has 2 aromatic carbocycles. The Labute approximate surface area is 131 Å². The molecule has 0 radical (unpaired) electrons. The standard InChI is InChI=1S/C16H10ClNO4/c1-9-6-7-10(8-13(9)17)16(21)22-18-14(19)11-4-2-3-5-12(11)15(18)20/h2-8H,1H3. The second kappa shape index (κ2) is 5.27. The van der Waals surface area contributed by atoms with Gasteiger partial charge in [0.25, 0.3) is 11.8 Å². The molecule has 6 heteroatoms. The topological polar surface area (TPSA) is 63.7 Å². The van der Waals surface area contributed by atoms with Gasteiger partial charge in [-0.3, -0.25) is 9.59 Å². The SMILES string of the molecule is Cc1ccc(C(=O)ON2C(=O)c3ccccc3C2=O)cc1Cl. The predicted octanol–water partition coefficient (Wildman–Crippen LogP) is 3.02. The molecule has 5 nitrogen and oxygen atoms in total. The third kappa shape index (κ3) is 2.25. The zero-order chi connectivity index (χ0) is 15.9. The van der Waals surface area contributed by atoms with E-state index < -0.39 is 17.8 Å². The molecule has 0 atom stereocenters. The first-order valence-electron chi connectivity index (χ1n) is 6.45. The molecule has 1 aliphatic heterocycles. The number of halogens is 1. The van der Waals surface area contributed by atoms with Crippen LogP contribution in [-0.4, -0.2) is 22.8 Å². The number of benzene rings is 2. The summed E-state index contributed by atoms with van der Waals surface area (Å²) in [6, 6.07) is 10.9. The van der Waals surface area contributed by atoms with Crippen LogP contribution in [0.4, 0.5) is 0 Å². The van der Waals surface area contributed by atoms with E-state index in [2.05, 4.69) is 0 Å². The number of hydrogen-bond donors (Lipinski definition) is 0. The first-order chi connectivity index (χ1) is 10.5. The lowest BCUT2D eigenvalue weighted by Gasteiger charge is -2.13. The number of amides is 2. The van der Waals surface area contributed by atoms with Crippen LogP contribution >= 0.6 is 11.6 Å². The fraction of sp³-hybridized carbons (Fsp3) is 0.0625. The van der Waals surface area contributed by atoms with E-state index in [4.69, 9.17) is 16.4 Å². The molecule has 0 unspecified atom stereocenters. The van der Waals surface area contributed by atoms with Crippen LogP contribution in [0.2, 0.25) is 5.02 Å². The van der Waals surface area contributed by atoms with Crippen molar-refractivity contribution in [1.29, 1.82) is 0 Å². The maximum Gasteiger partial charge on any atom is 0.364 e. The van der Waals surface area contributed by atoms with Crippen molar-refractivity contribution in [2.24, 2.45) is 0 Å². The van der Waals surface area contributed by atoms with Crippen molar-refractivity contribution in [3.8, 4) is 0 Å². The van der Waals surface area contributed by atoms with Crippen molar-refractivity contribution in [3.05, 3.63) is 69.7 Å². The quantitative estimate of drug-likeness (QED) is 0.799. The number of fused-ring (bicyclic) bond motifs is 1. The monoisotopic (exact) mass is 315 g/mol. The molecule has 110 valence electrons. The van der Waals surface area contributed by atoms with Crippen molar-refractivity contribution >= 4 is 29.4 Å². The number of hydrogen-bond acceptors (Lipinski definition) is 4. The van der Waals surface area contributed by atoms with Crippen molar-refractivity contribution in [3.63, 3.8) is 0 Å². The molecule has 0 saturated carbocycles. The lowest BCUT2D eigenvalue weighted by Crippen LogP contribution is -2.32. The van der Waals surface area contributed by atoms with Crippen LogP contribution in [0.5, 0.6) is 0 Å². The summed E-state index contributed by atoms with van der Waals surface area (Å²) in [4.78, 5) is 41.2. The number of nitrogens with zero attached hydrogens (tertiary/aromatic N) is 1. The van der Waals surface area contributed by atoms with Gasteiger partial charge in [0.15, 0.2) is 0 Å². The van der Waals surface area contributed by atoms with Crippen LogP contribution in [0.25, 0.3) is 0 Å². The minimum absolute atomic E-state index is 0.159. The molecule has 0 N–H and O–H groups in total. The van der Waals surface area contributed by atoms with Crippen LogP contribution in [0.3, 0.4) is 0 Å². The Morgan fingerprint density at radius 3 is 2.18 bits per heavy atom. The number of carbonyl (C=O) groups is 3. The largest absolute Gasteiger partial charge is 0.364 e. The van der Waals surface area contributed by atoms with Gasteiger partial charge in [0, 0.05) is 5.02 Å². The summed E-state index contributed by atoms with van der Waals surface area (Å²) in [6.45, 7) is 1.79. The van der Waals surface area contributed by atoms with Gasteiger partial charge in [0.05, 0.1) is 16.7 Å². The molecule has 0 aliphatic carbocycles. The van der Waals surface area contributed by atoms with Crippen LogP contribution in [0.1, 0.15) is 36.6 Å². The Balaban J connectivity index is 1.85. The minimum Gasteiger partial charge on any atom is -0.324 e. The second-order valence-electron chi connectivity index (χ2n) is 4.79. The molecule has 0 bridgehead atoms. The number of hydroxylamine groups is 2. The lowest BCUT2D eigenvalue weighted by atomic mass is 10.1. The normalized spacial score (nSPS) is 13.3. The highest BCUT2D eigenvalue weighted by Crippen LogP contribution is 2.24. The number of aryl methyl sites for hydroxylation is 1. The maximum absolute atomic E-state index is 12.1. The van der Waals surface area contributed by atoms with E-state index in [0.717, 1.165) is 5.56 Å². The van der Waals surface area contributed by atoms with Crippen LogP contribution in [0, 0.1) is 6.92 Å². The minimum atomic E-state index is -0.823. The summed E-state index contributed by atoms with van der Waals surface area (Å²) >= 11 is 5.95. The molecule has 0 fully saturated rings.